The molecule has 0 spiro atoms. The number of fused-ring (bicyclic) bond motifs is 1. The Kier molecular flexibility index (Phi) is 6.91. The number of benzene rings is 2. The number of aliphatic hydroxyl groups is 3. The molecule has 2 atom stereocenters. The second-order valence-electron chi connectivity index (χ2n) is 6.39. The van der Waals surface area contributed by atoms with E-state index in [1.165, 1.54) is 6.07 Å². The highest BCUT2D eigenvalue weighted by Crippen LogP contribution is 2.50. The Labute approximate surface area is 175 Å². The van der Waals surface area contributed by atoms with Crippen LogP contribution in [0.3, 0.4) is 0 Å². The summed E-state index contributed by atoms with van der Waals surface area (Å²) in [6.07, 6.45) is -1.98. The van der Waals surface area contributed by atoms with Crippen molar-refractivity contribution in [3.63, 3.8) is 0 Å². The van der Waals surface area contributed by atoms with Crippen LogP contribution in [0.1, 0.15) is 17.2 Å². The number of hydrogen-bond acceptors (Lipinski definition) is 10. The second-order valence-corrected chi connectivity index (χ2v) is 8.63. The standard InChI is InChI=1S/C19H22O8S2/c20-1-3-28-15-8-11(19(29-4-2-21)17(26)16(15)25)18-13(24)7-10-12(23)5-9(22)6-14(10)27-18/h5-6,8,13,18,20-26H,1-4,7H2. The van der Waals surface area contributed by atoms with Crippen LogP contribution in [0.15, 0.2) is 28.0 Å². The number of hydrogen-bond donors (Lipinski definition) is 7. The molecule has 0 amide bonds. The van der Waals surface area contributed by atoms with Gasteiger partial charge < -0.3 is 40.5 Å². The third-order valence-corrected chi connectivity index (χ3v) is 6.51. The van der Waals surface area contributed by atoms with Gasteiger partial charge in [-0.3, -0.25) is 0 Å². The minimum absolute atomic E-state index is 0.0526. The van der Waals surface area contributed by atoms with Gasteiger partial charge in [-0.05, 0) is 6.07 Å². The zero-order valence-electron chi connectivity index (χ0n) is 15.3. The van der Waals surface area contributed by atoms with Gasteiger partial charge in [-0.1, -0.05) is 0 Å². The van der Waals surface area contributed by atoms with E-state index in [1.54, 1.807) is 6.07 Å². The number of rotatable bonds is 7. The van der Waals surface area contributed by atoms with Crippen LogP contribution in [0.2, 0.25) is 0 Å². The molecule has 1 aliphatic heterocycles. The molecule has 0 bridgehead atoms. The van der Waals surface area contributed by atoms with Crippen LogP contribution in [0, 0.1) is 0 Å². The van der Waals surface area contributed by atoms with Crippen molar-refractivity contribution in [3.8, 4) is 28.7 Å². The Morgan fingerprint density at radius 3 is 2.31 bits per heavy atom. The number of phenols is 4. The van der Waals surface area contributed by atoms with Gasteiger partial charge in [0.15, 0.2) is 17.6 Å². The molecule has 29 heavy (non-hydrogen) atoms. The Morgan fingerprint density at radius 2 is 1.62 bits per heavy atom. The third-order valence-electron chi connectivity index (χ3n) is 4.40. The first kappa shape index (κ1) is 21.7. The predicted octanol–water partition coefficient (Wildman–Crippen LogP) is 1.71. The first-order chi connectivity index (χ1) is 13.9. The van der Waals surface area contributed by atoms with Crippen molar-refractivity contribution in [2.24, 2.45) is 0 Å². The van der Waals surface area contributed by atoms with Crippen LogP contribution in [0.25, 0.3) is 0 Å². The summed E-state index contributed by atoms with van der Waals surface area (Å²) in [6.45, 7) is -0.292. The summed E-state index contributed by atoms with van der Waals surface area (Å²) in [6, 6.07) is 4.06. The molecule has 2 aromatic rings. The molecular formula is C19H22O8S2. The number of aliphatic hydroxyl groups excluding tert-OH is 3. The lowest BCUT2D eigenvalue weighted by Crippen LogP contribution is -2.30. The minimum Gasteiger partial charge on any atom is -0.508 e. The predicted molar refractivity (Wildman–Crippen MR) is 108 cm³/mol. The van der Waals surface area contributed by atoms with E-state index in [4.69, 9.17) is 14.9 Å². The molecule has 1 heterocycles. The zero-order valence-corrected chi connectivity index (χ0v) is 16.9. The van der Waals surface area contributed by atoms with Gasteiger partial charge in [-0.15, -0.1) is 23.5 Å². The first-order valence-corrected chi connectivity index (χ1v) is 10.8. The van der Waals surface area contributed by atoms with Crippen molar-refractivity contribution < 1.29 is 40.5 Å². The number of phenolic OH excluding ortho intramolecular Hbond substituents is 4. The quantitative estimate of drug-likeness (QED) is 0.249. The largest absolute Gasteiger partial charge is 0.508 e. The van der Waals surface area contributed by atoms with Crippen LogP contribution in [-0.2, 0) is 6.42 Å². The highest BCUT2D eigenvalue weighted by Gasteiger charge is 2.35. The topological polar surface area (TPSA) is 151 Å². The Hall–Kier alpha value is -1.98. The second kappa shape index (κ2) is 9.23. The third kappa shape index (κ3) is 4.46. The summed E-state index contributed by atoms with van der Waals surface area (Å²) >= 11 is 2.22. The van der Waals surface area contributed by atoms with Gasteiger partial charge in [0.05, 0.1) is 29.1 Å². The molecule has 1 aliphatic rings. The lowest BCUT2D eigenvalue weighted by Gasteiger charge is -2.33. The van der Waals surface area contributed by atoms with Gasteiger partial charge in [0.25, 0.3) is 0 Å². The SMILES string of the molecule is OCCSc1cc(C2Oc3cc(O)cc(O)c3CC2O)c(SCCO)c(O)c1O. The molecule has 3 rings (SSSR count). The maximum atomic E-state index is 10.7. The van der Waals surface area contributed by atoms with Crippen molar-refractivity contribution in [1.82, 2.24) is 0 Å². The van der Waals surface area contributed by atoms with E-state index in [0.717, 1.165) is 29.6 Å². The molecule has 2 unspecified atom stereocenters. The van der Waals surface area contributed by atoms with Gasteiger partial charge in [-0.2, -0.15) is 0 Å². The fraction of sp³-hybridized carbons (Fsp3) is 0.368. The van der Waals surface area contributed by atoms with Crippen molar-refractivity contribution >= 4 is 23.5 Å². The first-order valence-electron chi connectivity index (χ1n) is 8.83. The van der Waals surface area contributed by atoms with Crippen LogP contribution in [-0.4, -0.2) is 66.6 Å². The summed E-state index contributed by atoms with van der Waals surface area (Å²) in [5.74, 6) is -0.416. The van der Waals surface area contributed by atoms with E-state index in [9.17, 15) is 25.5 Å². The van der Waals surface area contributed by atoms with Crippen LogP contribution < -0.4 is 4.74 Å². The van der Waals surface area contributed by atoms with Gasteiger partial charge in [-0.25, -0.2) is 0 Å². The summed E-state index contributed by atoms with van der Waals surface area (Å²) < 4.78 is 5.87. The van der Waals surface area contributed by atoms with E-state index in [1.807, 2.05) is 0 Å². The molecule has 0 aliphatic carbocycles. The monoisotopic (exact) mass is 442 g/mol. The fourth-order valence-electron chi connectivity index (χ4n) is 3.14. The lowest BCUT2D eigenvalue weighted by molar-refractivity contribution is 0.0180. The summed E-state index contributed by atoms with van der Waals surface area (Å²) in [5, 5.41) is 69.6. The van der Waals surface area contributed by atoms with Gasteiger partial charge in [0, 0.05) is 41.2 Å². The molecule has 0 fully saturated rings. The summed E-state index contributed by atoms with van der Waals surface area (Å²) in [7, 11) is 0. The molecule has 0 aromatic heterocycles. The molecule has 0 saturated carbocycles. The molecule has 7 N–H and O–H groups in total. The van der Waals surface area contributed by atoms with Crippen LogP contribution in [0.5, 0.6) is 28.7 Å². The average Bonchev–Trinajstić information content (AvgIpc) is 2.68. The maximum Gasteiger partial charge on any atom is 0.172 e. The Bertz CT molecular complexity index is 889. The molecule has 0 saturated heterocycles. The fourth-order valence-corrected chi connectivity index (χ4v) is 4.77. The summed E-state index contributed by atoms with van der Waals surface area (Å²) in [5.41, 5.74) is 0.745. The smallest absolute Gasteiger partial charge is 0.172 e. The highest BCUT2D eigenvalue weighted by molar-refractivity contribution is 7.99. The number of thioether (sulfide) groups is 2. The van der Waals surface area contributed by atoms with E-state index < -0.39 is 18.0 Å². The average molecular weight is 443 g/mol. The van der Waals surface area contributed by atoms with E-state index in [-0.39, 0.29) is 59.0 Å². The molecule has 10 heteroatoms. The van der Waals surface area contributed by atoms with Crippen LogP contribution in [0.4, 0.5) is 0 Å². The van der Waals surface area contributed by atoms with Crippen molar-refractivity contribution in [2.45, 2.75) is 28.4 Å². The number of aromatic hydroxyl groups is 4. The van der Waals surface area contributed by atoms with Crippen molar-refractivity contribution in [1.29, 1.82) is 0 Å². The normalized spacial score (nSPS) is 18.3. The molecule has 0 radical (unpaired) electrons. The van der Waals surface area contributed by atoms with Crippen molar-refractivity contribution in [3.05, 3.63) is 29.3 Å². The molecule has 8 nitrogen and oxygen atoms in total. The highest BCUT2D eigenvalue weighted by atomic mass is 32.2. The maximum absolute atomic E-state index is 10.7. The Balaban J connectivity index is 2.08. The lowest BCUT2D eigenvalue weighted by atomic mass is 9.93. The molecule has 2 aromatic carbocycles. The number of ether oxygens (including phenoxy) is 1. The zero-order chi connectivity index (χ0) is 21.1. The van der Waals surface area contributed by atoms with Gasteiger partial charge >= 0.3 is 0 Å². The van der Waals surface area contributed by atoms with E-state index in [2.05, 4.69) is 0 Å². The van der Waals surface area contributed by atoms with Gasteiger partial charge in [0.2, 0.25) is 0 Å². The molecule has 158 valence electrons. The molecular weight excluding hydrogens is 420 g/mol. The summed E-state index contributed by atoms with van der Waals surface area (Å²) in [4.78, 5) is 0.557. The minimum atomic E-state index is -1.08. The van der Waals surface area contributed by atoms with E-state index >= 15 is 0 Å². The van der Waals surface area contributed by atoms with Gasteiger partial charge in [0.1, 0.15) is 17.2 Å². The van der Waals surface area contributed by atoms with E-state index in [0.29, 0.717) is 16.0 Å². The Morgan fingerprint density at radius 1 is 0.931 bits per heavy atom. The van der Waals surface area contributed by atoms with Crippen molar-refractivity contribution in [2.75, 3.05) is 24.7 Å². The van der Waals surface area contributed by atoms with Crippen LogP contribution >= 0.6 is 23.5 Å².